The third-order valence-electron chi connectivity index (χ3n) is 3.31. The zero-order chi connectivity index (χ0) is 15.6. The first-order valence-corrected chi connectivity index (χ1v) is 8.25. The molecule has 0 fully saturated rings. The van der Waals surface area contributed by atoms with Gasteiger partial charge in [0.25, 0.3) is 0 Å². The second-order valence-electron chi connectivity index (χ2n) is 8.25. The summed E-state index contributed by atoms with van der Waals surface area (Å²) in [7, 11) is 1.05. The van der Waals surface area contributed by atoms with Gasteiger partial charge >= 0.3 is 0 Å². The van der Waals surface area contributed by atoms with Crippen LogP contribution in [0.2, 0.25) is 0 Å². The van der Waals surface area contributed by atoms with Crippen LogP contribution in [-0.4, -0.2) is 10.3 Å². The van der Waals surface area contributed by atoms with Crippen molar-refractivity contribution in [3.05, 3.63) is 22.8 Å². The van der Waals surface area contributed by atoms with Gasteiger partial charge < -0.3 is 0 Å². The molecule has 0 amide bonds. The summed E-state index contributed by atoms with van der Waals surface area (Å²) in [5, 5.41) is 1.02. The summed E-state index contributed by atoms with van der Waals surface area (Å²) in [6.45, 7) is 24.7. The summed E-state index contributed by atoms with van der Waals surface area (Å²) in [5.74, 6) is 0. The molecule has 0 spiro atoms. The molecule has 0 aromatic heterocycles. The van der Waals surface area contributed by atoms with Gasteiger partial charge in [-0.2, -0.15) is 11.1 Å². The average Bonchev–Trinajstić information content (AvgIpc) is 2.24. The van der Waals surface area contributed by atoms with E-state index < -0.39 is 0 Å². The number of halogens is 2. The molecule has 0 radical (unpaired) electrons. The monoisotopic (exact) mass is 401 g/mol. The van der Waals surface area contributed by atoms with E-state index in [2.05, 4.69) is 82.2 Å². The van der Waals surface area contributed by atoms with Crippen LogP contribution in [0.4, 0.5) is 0 Å². The summed E-state index contributed by atoms with van der Waals surface area (Å²) < 4.78 is 0. The average molecular weight is 402 g/mol. The smallest absolute Gasteiger partial charge is 0 e. The Hall–Kier alpha value is 1.20. The van der Waals surface area contributed by atoms with Gasteiger partial charge in [0.15, 0.2) is 0 Å². The van der Waals surface area contributed by atoms with Crippen molar-refractivity contribution in [2.24, 2.45) is 5.41 Å². The van der Waals surface area contributed by atoms with Crippen LogP contribution in [0.1, 0.15) is 76.2 Å². The van der Waals surface area contributed by atoms with Gasteiger partial charge in [0.05, 0.1) is 0 Å². The molecular weight excluding hydrogens is 366 g/mol. The number of allylic oxidation sites excluding steroid dienone is 4. The zero-order valence-electron chi connectivity index (χ0n) is 16.3. The molecule has 1 aliphatic rings. The summed E-state index contributed by atoms with van der Waals surface area (Å²) in [6.07, 6.45) is 3.44. The second kappa shape index (κ2) is 10.9. The quantitative estimate of drug-likeness (QED) is 0.228. The molecule has 0 aromatic carbocycles. The third kappa shape index (κ3) is 12.6. The summed E-state index contributed by atoms with van der Waals surface area (Å²) >= 11 is 0. The Morgan fingerprint density at radius 3 is 1.18 bits per heavy atom. The topological polar surface area (TPSA) is 0 Å². The second-order valence-corrected chi connectivity index (χ2v) is 11.5. The van der Waals surface area contributed by atoms with E-state index in [1.807, 2.05) is 0 Å². The molecule has 0 saturated heterocycles. The van der Waals surface area contributed by atoms with Crippen molar-refractivity contribution in [2.75, 3.05) is 0 Å². The number of rotatable bonds is 0. The summed E-state index contributed by atoms with van der Waals surface area (Å²) in [4.78, 5) is 0. The van der Waals surface area contributed by atoms with E-state index in [4.69, 9.17) is 0 Å². The van der Waals surface area contributed by atoms with Crippen molar-refractivity contribution in [1.29, 1.82) is 0 Å². The summed E-state index contributed by atoms with van der Waals surface area (Å²) in [6, 6.07) is 0. The van der Waals surface area contributed by atoms with Gasteiger partial charge in [0.1, 0.15) is 0 Å². The van der Waals surface area contributed by atoms with Crippen LogP contribution in [0, 0.1) is 11.5 Å². The molecule has 1 aliphatic carbocycles. The molecule has 0 aromatic rings. The van der Waals surface area contributed by atoms with E-state index >= 15 is 0 Å². The fraction of sp³-hybridized carbons (Fsp3) is 0.778. The predicted molar refractivity (Wildman–Crippen MR) is 107 cm³/mol. The molecule has 0 saturated carbocycles. The molecule has 0 heterocycles. The van der Waals surface area contributed by atoms with Gasteiger partial charge in [-0.05, 0) is 10.3 Å². The van der Waals surface area contributed by atoms with Crippen molar-refractivity contribution >= 4 is 33.4 Å². The number of hydrogen-bond donors (Lipinski definition) is 0. The van der Waals surface area contributed by atoms with Gasteiger partial charge in [-0.15, -0.1) is 40.3 Å². The Balaban J connectivity index is -0.000000130. The Kier molecular flexibility index (Phi) is 15.4. The van der Waals surface area contributed by atoms with E-state index in [0.29, 0.717) is 10.3 Å². The molecular formula is C18H36Cl2PTi-. The fourth-order valence-corrected chi connectivity index (χ4v) is 4.78. The first kappa shape index (κ1) is 31.0. The van der Waals surface area contributed by atoms with Crippen LogP contribution in [0.25, 0.3) is 0 Å². The molecule has 0 aliphatic heterocycles. The van der Waals surface area contributed by atoms with Crippen LogP contribution in [0.5, 0.6) is 0 Å². The van der Waals surface area contributed by atoms with Crippen molar-refractivity contribution in [3.8, 4) is 0 Å². The molecule has 0 N–H and O–H groups in total. The standard InChI is InChI=1S/C10H15.C8H19P.2ClH.Ti/c1-7-6-10(4,5)9(3)8(7)2;1-7(2,3)9-8(4,5)6;;;/h1-5H3;9H,1-6H3;2*1H;/q-1;;;;. The Morgan fingerprint density at radius 2 is 1.14 bits per heavy atom. The van der Waals surface area contributed by atoms with Crippen LogP contribution in [-0.2, 0) is 21.7 Å². The SMILES string of the molecule is CC(C)(C)PC(C)(C)C.CC1=[C-]C(C)(C)C(C)=C1C.Cl.Cl.[Ti]. The fourth-order valence-electron chi connectivity index (χ4n) is 2.53. The van der Waals surface area contributed by atoms with E-state index in [1.54, 1.807) is 0 Å². The van der Waals surface area contributed by atoms with Crippen molar-refractivity contribution in [2.45, 2.75) is 86.5 Å². The van der Waals surface area contributed by atoms with Crippen molar-refractivity contribution in [1.82, 2.24) is 0 Å². The Labute approximate surface area is 169 Å². The van der Waals surface area contributed by atoms with Gasteiger partial charge in [-0.3, -0.25) is 6.08 Å². The van der Waals surface area contributed by atoms with Gasteiger partial charge in [0.2, 0.25) is 0 Å². The minimum atomic E-state index is 0. The van der Waals surface area contributed by atoms with E-state index in [0.717, 1.165) is 8.58 Å². The molecule has 0 atom stereocenters. The van der Waals surface area contributed by atoms with Gasteiger partial charge in [-0.25, -0.2) is 5.57 Å². The molecule has 0 nitrogen and oxygen atoms in total. The zero-order valence-corrected chi connectivity index (χ0v) is 20.5. The summed E-state index contributed by atoms with van der Waals surface area (Å²) in [5.41, 5.74) is 4.39. The normalized spacial score (nSPS) is 16.4. The Morgan fingerprint density at radius 1 is 0.818 bits per heavy atom. The maximum absolute atomic E-state index is 3.44. The maximum atomic E-state index is 3.44. The van der Waals surface area contributed by atoms with Crippen LogP contribution < -0.4 is 0 Å². The molecule has 0 unspecified atom stereocenters. The minimum absolute atomic E-state index is 0. The molecule has 1 rings (SSSR count). The van der Waals surface area contributed by atoms with Gasteiger partial charge in [-0.1, -0.05) is 74.7 Å². The van der Waals surface area contributed by atoms with Crippen LogP contribution in [0.15, 0.2) is 16.7 Å². The first-order chi connectivity index (χ1) is 8.16. The van der Waals surface area contributed by atoms with Gasteiger partial charge in [0, 0.05) is 21.7 Å². The predicted octanol–water partition coefficient (Wildman–Crippen LogP) is 7.22. The van der Waals surface area contributed by atoms with E-state index in [1.165, 1.54) is 16.7 Å². The van der Waals surface area contributed by atoms with E-state index in [-0.39, 0.29) is 51.9 Å². The Bertz CT molecular complexity index is 371. The third-order valence-corrected chi connectivity index (χ3v) is 4.81. The maximum Gasteiger partial charge on any atom is 0 e. The van der Waals surface area contributed by atoms with Crippen LogP contribution >= 0.6 is 33.4 Å². The van der Waals surface area contributed by atoms with Crippen molar-refractivity contribution < 1.29 is 21.7 Å². The molecule has 0 bridgehead atoms. The van der Waals surface area contributed by atoms with Crippen molar-refractivity contribution in [3.63, 3.8) is 0 Å². The largest absolute Gasteiger partial charge is 0.263 e. The van der Waals surface area contributed by atoms with E-state index in [9.17, 15) is 0 Å². The molecule has 132 valence electrons. The minimum Gasteiger partial charge on any atom is -0.263 e. The van der Waals surface area contributed by atoms with Crippen LogP contribution in [0.3, 0.4) is 0 Å². The molecule has 22 heavy (non-hydrogen) atoms. The first-order valence-electron chi connectivity index (χ1n) is 7.25. The molecule has 4 heteroatoms. The number of hydrogen-bond acceptors (Lipinski definition) is 0.